The van der Waals surface area contributed by atoms with Gasteiger partial charge in [0.2, 0.25) is 6.23 Å². The standard InChI is InChI=1S/C25H27F2N5O8/c1-16(22(34)37-14-17-8-4-2-5-9-17)30-32(36,40-18-10-6-3-7-11-18)38-15-19-21(33)25(26,27)23(39-19)31-13-12-20(28)29-24(31)35/h2-13,16,19,21,23,30,33H,14-15H2,1H3,(H2,28,29,35)/t16-,19+,21+,23+,32?/m0/s1. The first-order valence-corrected chi connectivity index (χ1v) is 12.0. The van der Waals surface area contributed by atoms with Crippen molar-refractivity contribution in [3.63, 3.8) is 0 Å². The number of aliphatic hydroxyl groups excluding tert-OH is 1. The van der Waals surface area contributed by atoms with Gasteiger partial charge >= 0.3 is 17.6 Å². The van der Waals surface area contributed by atoms with Crippen LogP contribution in [0.5, 0.6) is 5.75 Å². The monoisotopic (exact) mass is 563 g/mol. The van der Waals surface area contributed by atoms with Crippen LogP contribution in [0.15, 0.2) is 77.7 Å². The molecular formula is C25H27F2N5O8. The van der Waals surface area contributed by atoms with Gasteiger partial charge in [0, 0.05) is 6.20 Å². The summed E-state index contributed by atoms with van der Waals surface area (Å²) in [4.78, 5) is 38.5. The SMILES string of the molecule is C[C@H](N[N+]([O-])(OC[C@H]1O[C@@H](n2ccc(N)nc2=O)C(F)(F)[C@@H]1O)Oc1ccccc1)C(=O)OCc1ccccc1. The molecule has 0 spiro atoms. The summed E-state index contributed by atoms with van der Waals surface area (Å²) in [5.74, 6) is -5.00. The molecule has 2 aromatic carbocycles. The number of ether oxygens (including phenoxy) is 2. The number of hydrogen-bond donors (Lipinski definition) is 3. The molecule has 214 valence electrons. The van der Waals surface area contributed by atoms with Gasteiger partial charge in [-0.25, -0.2) is 4.79 Å². The third-order valence-corrected chi connectivity index (χ3v) is 5.79. The second kappa shape index (κ2) is 12.0. The number of rotatable bonds is 11. The number of aliphatic hydroxyl groups is 1. The normalized spacial score (nSPS) is 22.3. The Morgan fingerprint density at radius 1 is 1.23 bits per heavy atom. The fourth-order valence-electron chi connectivity index (χ4n) is 3.74. The summed E-state index contributed by atoms with van der Waals surface area (Å²) in [5, 5.41) is 21.6. The molecule has 0 saturated carbocycles. The van der Waals surface area contributed by atoms with Crippen LogP contribution >= 0.6 is 0 Å². The minimum atomic E-state index is -3.98. The maximum Gasteiger partial charge on any atom is 0.351 e. The molecule has 1 saturated heterocycles. The average molecular weight is 564 g/mol. The molecule has 0 radical (unpaired) electrons. The maximum absolute atomic E-state index is 14.9. The number of para-hydroxylation sites is 1. The third-order valence-electron chi connectivity index (χ3n) is 5.79. The summed E-state index contributed by atoms with van der Waals surface area (Å²) in [5.41, 5.74) is 7.23. The molecule has 0 aliphatic carbocycles. The topological polar surface area (TPSA) is 170 Å². The molecule has 4 rings (SSSR count). The van der Waals surface area contributed by atoms with E-state index < -0.39 is 53.7 Å². The summed E-state index contributed by atoms with van der Waals surface area (Å²) in [7, 11) is 0. The number of nitrogens with one attached hydrogen (secondary N) is 1. The van der Waals surface area contributed by atoms with Gasteiger partial charge in [0.15, 0.2) is 17.9 Å². The van der Waals surface area contributed by atoms with Crippen LogP contribution < -0.4 is 21.7 Å². The molecule has 40 heavy (non-hydrogen) atoms. The number of anilines is 1. The largest absolute Gasteiger partial charge is 0.533 e. The Labute approximate surface area is 226 Å². The van der Waals surface area contributed by atoms with Gasteiger partial charge in [-0.15, -0.1) is 4.84 Å². The van der Waals surface area contributed by atoms with Gasteiger partial charge < -0.3 is 25.5 Å². The molecule has 2 heterocycles. The quantitative estimate of drug-likeness (QED) is 0.176. The molecule has 0 amide bonds. The maximum atomic E-state index is 14.9. The summed E-state index contributed by atoms with van der Waals surface area (Å²) in [6.45, 7) is 0.296. The molecule has 1 unspecified atom stereocenters. The zero-order valence-corrected chi connectivity index (χ0v) is 21.1. The molecule has 1 aliphatic rings. The smallest absolute Gasteiger partial charge is 0.351 e. The van der Waals surface area contributed by atoms with Crippen molar-refractivity contribution < 1.29 is 42.9 Å². The van der Waals surface area contributed by atoms with Crippen molar-refractivity contribution in [2.45, 2.75) is 43.9 Å². The number of nitrogens with zero attached hydrogens (tertiary/aromatic N) is 3. The average Bonchev–Trinajstić information content (AvgIpc) is 3.15. The van der Waals surface area contributed by atoms with Gasteiger partial charge in [-0.2, -0.15) is 13.8 Å². The summed E-state index contributed by atoms with van der Waals surface area (Å²) < 4.78 is 40.7. The van der Waals surface area contributed by atoms with E-state index in [4.69, 9.17) is 24.9 Å². The Morgan fingerprint density at radius 2 is 1.88 bits per heavy atom. The van der Waals surface area contributed by atoms with Crippen molar-refractivity contribution in [2.75, 3.05) is 12.3 Å². The number of nitrogens with two attached hydrogens (primary N) is 1. The van der Waals surface area contributed by atoms with Crippen molar-refractivity contribution in [1.29, 1.82) is 0 Å². The van der Waals surface area contributed by atoms with E-state index in [2.05, 4.69) is 10.4 Å². The van der Waals surface area contributed by atoms with Gasteiger partial charge in [0.05, 0.1) is 5.08 Å². The van der Waals surface area contributed by atoms with E-state index in [1.54, 1.807) is 48.5 Å². The van der Waals surface area contributed by atoms with E-state index in [0.717, 1.165) is 12.3 Å². The minimum absolute atomic E-state index is 0.00505. The number of carbonyl (C=O) groups is 1. The summed E-state index contributed by atoms with van der Waals surface area (Å²) in [6, 6.07) is 16.2. The van der Waals surface area contributed by atoms with E-state index in [1.165, 1.54) is 19.1 Å². The van der Waals surface area contributed by atoms with Crippen LogP contribution in [0.1, 0.15) is 18.7 Å². The number of carbonyl (C=O) groups excluding carboxylic acids is 1. The molecule has 1 aliphatic heterocycles. The predicted octanol–water partition coefficient (Wildman–Crippen LogP) is 1.60. The van der Waals surface area contributed by atoms with E-state index in [0.29, 0.717) is 10.1 Å². The number of aromatic nitrogens is 2. The van der Waals surface area contributed by atoms with Crippen molar-refractivity contribution >= 4 is 11.8 Å². The molecule has 1 aromatic heterocycles. The van der Waals surface area contributed by atoms with Crippen molar-refractivity contribution in [2.24, 2.45) is 0 Å². The molecule has 3 aromatic rings. The first-order valence-electron chi connectivity index (χ1n) is 12.0. The van der Waals surface area contributed by atoms with Crippen LogP contribution in [0.2, 0.25) is 0 Å². The highest BCUT2D eigenvalue weighted by atomic mass is 19.3. The zero-order chi connectivity index (χ0) is 28.9. The molecular weight excluding hydrogens is 536 g/mol. The van der Waals surface area contributed by atoms with E-state index >= 15 is 0 Å². The van der Waals surface area contributed by atoms with Crippen LogP contribution in [0, 0.1) is 5.21 Å². The number of alkyl halides is 2. The number of esters is 1. The number of quaternary nitrogens is 1. The van der Waals surface area contributed by atoms with E-state index in [9.17, 15) is 28.7 Å². The predicted molar refractivity (Wildman–Crippen MR) is 133 cm³/mol. The number of benzene rings is 2. The van der Waals surface area contributed by atoms with Gasteiger partial charge in [-0.05, 0) is 30.7 Å². The van der Waals surface area contributed by atoms with Gasteiger partial charge in [-0.1, -0.05) is 54.0 Å². The van der Waals surface area contributed by atoms with Crippen LogP contribution in [0.4, 0.5) is 14.6 Å². The summed E-state index contributed by atoms with van der Waals surface area (Å²) >= 11 is 0. The Kier molecular flexibility index (Phi) is 8.73. The Balaban J connectivity index is 1.47. The molecule has 5 atom stereocenters. The van der Waals surface area contributed by atoms with Gasteiger partial charge in [0.25, 0.3) is 0 Å². The highest BCUT2D eigenvalue weighted by Crippen LogP contribution is 2.42. The minimum Gasteiger partial charge on any atom is -0.533 e. The van der Waals surface area contributed by atoms with Crippen LogP contribution in [0.3, 0.4) is 0 Å². The second-order valence-electron chi connectivity index (χ2n) is 8.83. The zero-order valence-electron chi connectivity index (χ0n) is 21.1. The Morgan fingerprint density at radius 3 is 2.52 bits per heavy atom. The van der Waals surface area contributed by atoms with E-state index in [-0.39, 0.29) is 18.2 Å². The van der Waals surface area contributed by atoms with Crippen molar-refractivity contribution in [3.05, 3.63) is 94.2 Å². The first-order chi connectivity index (χ1) is 19.0. The van der Waals surface area contributed by atoms with Crippen molar-refractivity contribution in [3.8, 4) is 5.75 Å². The lowest BCUT2D eigenvalue weighted by Crippen LogP contribution is -2.61. The second-order valence-corrected chi connectivity index (χ2v) is 8.83. The van der Waals surface area contributed by atoms with Gasteiger partial charge in [-0.3, -0.25) is 14.2 Å². The Hall–Kier alpha value is -3.99. The van der Waals surface area contributed by atoms with Crippen molar-refractivity contribution in [1.82, 2.24) is 15.0 Å². The lowest BCUT2D eigenvalue weighted by atomic mass is 10.1. The number of nitrogen functional groups attached to an aromatic ring is 1. The highest BCUT2D eigenvalue weighted by Gasteiger charge is 2.60. The molecule has 4 N–H and O–H groups in total. The van der Waals surface area contributed by atoms with E-state index in [1.807, 2.05) is 0 Å². The van der Waals surface area contributed by atoms with Crippen LogP contribution in [0.25, 0.3) is 0 Å². The third kappa shape index (κ3) is 6.77. The van der Waals surface area contributed by atoms with Gasteiger partial charge in [0.1, 0.15) is 25.1 Å². The van der Waals surface area contributed by atoms with Crippen LogP contribution in [-0.4, -0.2) is 56.5 Å². The molecule has 15 heteroatoms. The molecule has 1 fully saturated rings. The number of halogens is 2. The van der Waals surface area contributed by atoms with Crippen LogP contribution in [-0.2, 0) is 25.7 Å². The lowest BCUT2D eigenvalue weighted by molar-refractivity contribution is -1.22. The number of hydrogen-bond acceptors (Lipinski definition) is 11. The fourth-order valence-corrected chi connectivity index (χ4v) is 3.74. The molecule has 13 nitrogen and oxygen atoms in total. The first kappa shape index (κ1) is 29.0. The highest BCUT2D eigenvalue weighted by molar-refractivity contribution is 5.75. The lowest BCUT2D eigenvalue weighted by Gasteiger charge is -2.36. The summed E-state index contributed by atoms with van der Waals surface area (Å²) in [6.07, 6.45) is -5.60. The fraction of sp³-hybridized carbons (Fsp3) is 0.320. The molecule has 0 bridgehead atoms. The Bertz CT molecular complexity index is 1350.